The fourth-order valence-electron chi connectivity index (χ4n) is 7.56. The van der Waals surface area contributed by atoms with Crippen LogP contribution in [0.2, 0.25) is 10.0 Å². The Morgan fingerprint density at radius 1 is 1.08 bits per heavy atom. The van der Waals surface area contributed by atoms with Crippen LogP contribution >= 0.6 is 23.2 Å². The smallest absolute Gasteiger partial charge is 0.322 e. The number of carbonyl (C=O) groups excluding carboxylic acids is 2. The number of aliphatic hydroxyl groups excluding tert-OH is 3. The highest BCUT2D eigenvalue weighted by Gasteiger charge is 2.50. The van der Waals surface area contributed by atoms with Crippen molar-refractivity contribution in [1.82, 2.24) is 9.80 Å². The minimum atomic E-state index is -2.04. The summed E-state index contributed by atoms with van der Waals surface area (Å²) in [4.78, 5) is 30.7. The first-order valence-electron chi connectivity index (χ1n) is 17.7. The third kappa shape index (κ3) is 10.3. The van der Waals surface area contributed by atoms with Crippen LogP contribution in [0.1, 0.15) is 74.7 Å². The van der Waals surface area contributed by atoms with E-state index in [4.69, 9.17) is 37.4 Å². The van der Waals surface area contributed by atoms with Crippen molar-refractivity contribution in [3.8, 4) is 0 Å². The van der Waals surface area contributed by atoms with Gasteiger partial charge in [-0.25, -0.2) is 4.79 Å². The number of ether oxygens (including phenoxy) is 3. The van der Waals surface area contributed by atoms with Gasteiger partial charge in [0.05, 0.1) is 46.6 Å². The number of halogens is 2. The number of hydrogen-bond acceptors (Lipinski definition) is 11. The number of rotatable bonds is 5. The summed E-state index contributed by atoms with van der Waals surface area (Å²) in [7, 11) is 3.68. The third-order valence-corrected chi connectivity index (χ3v) is 11.2. The predicted molar refractivity (Wildman–Crippen MR) is 194 cm³/mol. The molecule has 15 heteroatoms. The Bertz CT molecular complexity index is 1340. The first-order valence-corrected chi connectivity index (χ1v) is 18.5. The summed E-state index contributed by atoms with van der Waals surface area (Å²) in [6.45, 7) is 12.8. The molecule has 0 aliphatic carbocycles. The molecule has 2 amide bonds. The monoisotopic (exact) mass is 763 g/mol. The van der Waals surface area contributed by atoms with E-state index in [2.05, 4.69) is 5.32 Å². The van der Waals surface area contributed by atoms with E-state index in [1.165, 1.54) is 37.8 Å². The van der Waals surface area contributed by atoms with Crippen molar-refractivity contribution in [2.24, 2.45) is 17.8 Å². The van der Waals surface area contributed by atoms with E-state index < -0.39 is 83.8 Å². The minimum absolute atomic E-state index is 0.00526. The number of aliphatic hydroxyl groups is 5. The van der Waals surface area contributed by atoms with Crippen LogP contribution in [-0.4, -0.2) is 134 Å². The van der Waals surface area contributed by atoms with Crippen molar-refractivity contribution in [2.75, 3.05) is 26.0 Å². The number of nitrogens with zero attached hydrogens (tertiary/aromatic N) is 2. The van der Waals surface area contributed by atoms with Gasteiger partial charge in [0.1, 0.15) is 23.9 Å². The summed E-state index contributed by atoms with van der Waals surface area (Å²) in [6, 6.07) is 2.54. The highest BCUT2D eigenvalue weighted by Crippen LogP contribution is 2.37. The highest BCUT2D eigenvalue weighted by molar-refractivity contribution is 6.36. The van der Waals surface area contributed by atoms with Crippen molar-refractivity contribution >= 4 is 40.9 Å². The summed E-state index contributed by atoms with van der Waals surface area (Å²) < 4.78 is 18.2. The maximum atomic E-state index is 14.0. The molecule has 2 aliphatic rings. The normalized spacial score (nSPS) is 40.7. The molecule has 2 fully saturated rings. The van der Waals surface area contributed by atoms with Gasteiger partial charge in [0, 0.05) is 23.5 Å². The maximum Gasteiger partial charge on any atom is 0.322 e. The van der Waals surface area contributed by atoms with E-state index in [0.29, 0.717) is 11.4 Å². The van der Waals surface area contributed by atoms with E-state index in [0.717, 1.165) is 0 Å². The maximum absolute atomic E-state index is 14.0. The van der Waals surface area contributed by atoms with Gasteiger partial charge >= 0.3 is 12.0 Å². The molecule has 0 spiro atoms. The Labute approximate surface area is 312 Å². The average Bonchev–Trinajstić information content (AvgIpc) is 3.04. The molecule has 1 aromatic carbocycles. The number of nitrogens with one attached hydrogen (secondary N) is 1. The zero-order chi connectivity index (χ0) is 38.7. The number of carbonyl (C=O) groups is 2. The molecule has 2 unspecified atom stereocenters. The molecule has 0 bridgehead atoms. The number of esters is 1. The number of likely N-dealkylation sites (N-methyl/N-ethyl adjacent to an activating group) is 1. The van der Waals surface area contributed by atoms with Crippen LogP contribution in [0.5, 0.6) is 0 Å². The second kappa shape index (κ2) is 17.6. The molecular formula is C36H59Cl2N3O10. The van der Waals surface area contributed by atoms with E-state index in [9.17, 15) is 35.1 Å². The average molecular weight is 765 g/mol. The Morgan fingerprint density at radius 2 is 1.71 bits per heavy atom. The van der Waals surface area contributed by atoms with Crippen molar-refractivity contribution in [1.29, 1.82) is 0 Å². The largest absolute Gasteiger partial charge is 0.459 e. The van der Waals surface area contributed by atoms with Crippen LogP contribution < -0.4 is 5.32 Å². The number of hydrogen-bond donors (Lipinski definition) is 6. The standard InChI is InChI=1S/C36H59Cl2N3O10/c1-11-27-36(8,48)30(44)22(6)41(34(46)39-25-13-12-23(37)15-24(25)38)17-18(2)16-35(7,47)31(20(4)28(42)21(5)32(45)50-27)51-33-29(43)26(40(9)10)14-19(3)49-33/h12-13,15,18-22,26-31,33,42-44,47-48H,11,14,16-17H2,1-10H3,(H,39,46)/t18-,19-,20+,21-,22-,26+,27-,28?,29-,30-,31-,33+,35?,36-/m1/s1. The van der Waals surface area contributed by atoms with Crippen LogP contribution in [0.3, 0.4) is 0 Å². The second-order valence-corrected chi connectivity index (χ2v) is 16.2. The fraction of sp³-hybridized carbons (Fsp3) is 0.778. The predicted octanol–water partition coefficient (Wildman–Crippen LogP) is 3.88. The Balaban J connectivity index is 2.10. The molecule has 2 saturated heterocycles. The van der Waals surface area contributed by atoms with Crippen molar-refractivity contribution < 1.29 is 49.3 Å². The molecular weight excluding hydrogens is 705 g/mol. The molecule has 0 saturated carbocycles. The van der Waals surface area contributed by atoms with Gasteiger partial charge in [0.15, 0.2) is 6.29 Å². The van der Waals surface area contributed by atoms with Crippen LogP contribution in [0.15, 0.2) is 18.2 Å². The summed E-state index contributed by atoms with van der Waals surface area (Å²) in [5.74, 6) is -3.39. The lowest BCUT2D eigenvalue weighted by atomic mass is 9.78. The lowest BCUT2D eigenvalue weighted by molar-refractivity contribution is -0.299. The Morgan fingerprint density at radius 3 is 2.27 bits per heavy atom. The lowest BCUT2D eigenvalue weighted by Gasteiger charge is -2.46. The first-order chi connectivity index (χ1) is 23.5. The molecule has 0 radical (unpaired) electrons. The summed E-state index contributed by atoms with van der Waals surface area (Å²) in [5.41, 5.74) is -3.50. The molecule has 1 aromatic rings. The van der Waals surface area contributed by atoms with Gasteiger partial charge in [-0.3, -0.25) is 4.79 Å². The van der Waals surface area contributed by atoms with E-state index >= 15 is 0 Å². The highest BCUT2D eigenvalue weighted by atomic mass is 35.5. The van der Waals surface area contributed by atoms with Gasteiger partial charge in [0.25, 0.3) is 0 Å². The number of urea groups is 1. The molecule has 0 aromatic heterocycles. The van der Waals surface area contributed by atoms with Crippen LogP contribution in [-0.2, 0) is 19.0 Å². The van der Waals surface area contributed by atoms with Gasteiger partial charge in [-0.1, -0.05) is 44.0 Å². The van der Waals surface area contributed by atoms with Gasteiger partial charge in [-0.15, -0.1) is 0 Å². The molecule has 2 aliphatic heterocycles. The summed E-state index contributed by atoms with van der Waals surface area (Å²) >= 11 is 12.4. The Kier molecular flexibility index (Phi) is 15.0. The molecule has 51 heavy (non-hydrogen) atoms. The lowest BCUT2D eigenvalue weighted by Crippen LogP contribution is -2.61. The van der Waals surface area contributed by atoms with Crippen molar-refractivity contribution in [3.05, 3.63) is 28.2 Å². The van der Waals surface area contributed by atoms with E-state index in [-0.39, 0.29) is 42.2 Å². The number of cyclic esters (lactones) is 1. The molecule has 2 heterocycles. The van der Waals surface area contributed by atoms with Gasteiger partial charge in [0.2, 0.25) is 0 Å². The van der Waals surface area contributed by atoms with Crippen LogP contribution in [0, 0.1) is 17.8 Å². The quantitative estimate of drug-likeness (QED) is 0.240. The van der Waals surface area contributed by atoms with Gasteiger partial charge in [-0.2, -0.15) is 0 Å². The number of benzene rings is 1. The van der Waals surface area contributed by atoms with E-state index in [1.807, 2.05) is 25.9 Å². The fourth-order valence-corrected chi connectivity index (χ4v) is 8.01. The molecule has 13 nitrogen and oxygen atoms in total. The Hall–Kier alpha value is -1.78. The van der Waals surface area contributed by atoms with Crippen LogP contribution in [0.25, 0.3) is 0 Å². The van der Waals surface area contributed by atoms with Gasteiger partial charge < -0.3 is 54.9 Å². The third-order valence-electron chi connectivity index (χ3n) is 10.6. The minimum Gasteiger partial charge on any atom is -0.459 e. The molecule has 292 valence electrons. The topological polar surface area (TPSA) is 181 Å². The first kappa shape index (κ1) is 43.6. The zero-order valence-corrected chi connectivity index (χ0v) is 32.9. The molecule has 14 atom stereocenters. The second-order valence-electron chi connectivity index (χ2n) is 15.4. The van der Waals surface area contributed by atoms with Crippen LogP contribution in [0.4, 0.5) is 10.5 Å². The molecule has 3 rings (SSSR count). The SMILES string of the molecule is CC[C@H]1OC(=O)[C@H](C)C(O)[C@H](C)[C@@H](O[C@@H]2O[C@H](C)C[C@H](N(C)C)[C@H]2O)C(C)(O)C[C@@H](C)CN(C(=O)Nc2ccc(Cl)cc2Cl)[C@H](C)[C@@H](O)[C@]1(C)O. The van der Waals surface area contributed by atoms with E-state index in [1.54, 1.807) is 33.8 Å². The zero-order valence-electron chi connectivity index (χ0n) is 31.4. The van der Waals surface area contributed by atoms with Crippen molar-refractivity contribution in [2.45, 2.75) is 141 Å². The summed E-state index contributed by atoms with van der Waals surface area (Å²) in [5, 5.41) is 61.8. The number of amides is 2. The van der Waals surface area contributed by atoms with Crippen molar-refractivity contribution in [3.63, 3.8) is 0 Å². The molecule has 6 N–H and O–H groups in total. The number of anilines is 1. The van der Waals surface area contributed by atoms with Gasteiger partial charge in [-0.05, 0) is 92.1 Å². The summed E-state index contributed by atoms with van der Waals surface area (Å²) in [6.07, 6.45) is -7.35.